The number of nitrogens with zero attached hydrogens (tertiary/aromatic N) is 2. The van der Waals surface area contributed by atoms with E-state index in [-0.39, 0.29) is 11.6 Å². The molecule has 118 valence electrons. The molecular formula is C16H10F4N2O. The van der Waals surface area contributed by atoms with Gasteiger partial charge in [0.2, 0.25) is 5.82 Å². The summed E-state index contributed by atoms with van der Waals surface area (Å²) in [5.74, 6) is -1.80. The minimum absolute atomic E-state index is 0.120. The Hall–Kier alpha value is -2.70. The SMILES string of the molecule is Fc1ccc(Cc2ccc(-c3noc(C(F)(F)F)n3)cc2)cc1. The average Bonchev–Trinajstić information content (AvgIpc) is 3.00. The Balaban J connectivity index is 1.76. The maximum atomic E-state index is 12.8. The largest absolute Gasteiger partial charge is 0.471 e. The summed E-state index contributed by atoms with van der Waals surface area (Å²) in [5.41, 5.74) is 2.28. The second kappa shape index (κ2) is 5.83. The Kier molecular flexibility index (Phi) is 3.85. The molecule has 0 N–H and O–H groups in total. The standard InChI is InChI=1S/C16H10F4N2O/c17-13-7-3-11(4-8-13)9-10-1-5-12(6-2-10)14-21-15(23-22-14)16(18,19)20/h1-8H,9H2. The number of rotatable bonds is 3. The molecule has 0 unspecified atom stereocenters. The highest BCUT2D eigenvalue weighted by Crippen LogP contribution is 2.29. The molecule has 0 aliphatic heterocycles. The van der Waals surface area contributed by atoms with Crippen LogP contribution in [-0.4, -0.2) is 10.1 Å². The van der Waals surface area contributed by atoms with Crippen molar-refractivity contribution in [3.63, 3.8) is 0 Å². The summed E-state index contributed by atoms with van der Waals surface area (Å²) in [5, 5.41) is 3.33. The molecule has 2 aromatic carbocycles. The summed E-state index contributed by atoms with van der Waals surface area (Å²) < 4.78 is 54.3. The van der Waals surface area contributed by atoms with Gasteiger partial charge in [0.25, 0.3) is 0 Å². The van der Waals surface area contributed by atoms with Crippen molar-refractivity contribution in [2.45, 2.75) is 12.6 Å². The van der Waals surface area contributed by atoms with Crippen molar-refractivity contribution >= 4 is 0 Å². The number of halogens is 4. The molecule has 1 heterocycles. The first-order chi connectivity index (χ1) is 10.9. The van der Waals surface area contributed by atoms with Gasteiger partial charge in [-0.1, -0.05) is 41.6 Å². The lowest BCUT2D eigenvalue weighted by Gasteiger charge is -2.03. The van der Waals surface area contributed by atoms with Crippen molar-refractivity contribution in [2.24, 2.45) is 0 Å². The average molecular weight is 322 g/mol. The molecule has 0 radical (unpaired) electrons. The van der Waals surface area contributed by atoms with Gasteiger partial charge in [-0.2, -0.15) is 18.2 Å². The molecule has 0 bridgehead atoms. The van der Waals surface area contributed by atoms with Crippen LogP contribution in [0.25, 0.3) is 11.4 Å². The second-order valence-electron chi connectivity index (χ2n) is 4.92. The summed E-state index contributed by atoms with van der Waals surface area (Å²) in [6.45, 7) is 0. The lowest BCUT2D eigenvalue weighted by atomic mass is 10.0. The van der Waals surface area contributed by atoms with Crippen LogP contribution in [0.2, 0.25) is 0 Å². The molecule has 0 aliphatic rings. The zero-order chi connectivity index (χ0) is 16.4. The number of alkyl halides is 3. The molecule has 23 heavy (non-hydrogen) atoms. The van der Waals surface area contributed by atoms with E-state index in [1.807, 2.05) is 0 Å². The zero-order valence-electron chi connectivity index (χ0n) is 11.6. The molecule has 0 aliphatic carbocycles. The van der Waals surface area contributed by atoms with Crippen LogP contribution in [0.3, 0.4) is 0 Å². The summed E-state index contributed by atoms with van der Waals surface area (Å²) in [6.07, 6.45) is -4.08. The van der Waals surface area contributed by atoms with Crippen molar-refractivity contribution in [1.82, 2.24) is 10.1 Å². The van der Waals surface area contributed by atoms with E-state index in [2.05, 4.69) is 14.7 Å². The summed E-state index contributed by atoms with van der Waals surface area (Å²) in [4.78, 5) is 3.33. The minimum Gasteiger partial charge on any atom is -0.329 e. The molecule has 3 nitrogen and oxygen atoms in total. The summed E-state index contributed by atoms with van der Waals surface area (Å²) in [6, 6.07) is 12.8. The Morgan fingerprint density at radius 2 is 1.43 bits per heavy atom. The van der Waals surface area contributed by atoms with E-state index in [1.165, 1.54) is 12.1 Å². The van der Waals surface area contributed by atoms with Crippen LogP contribution in [0.4, 0.5) is 17.6 Å². The van der Waals surface area contributed by atoms with E-state index in [0.29, 0.717) is 12.0 Å². The topological polar surface area (TPSA) is 38.9 Å². The maximum Gasteiger partial charge on any atom is 0.471 e. The van der Waals surface area contributed by atoms with Gasteiger partial charge >= 0.3 is 12.1 Å². The van der Waals surface area contributed by atoms with Gasteiger partial charge in [-0.25, -0.2) is 4.39 Å². The van der Waals surface area contributed by atoms with Gasteiger partial charge in [0.15, 0.2) is 0 Å². The van der Waals surface area contributed by atoms with Crippen LogP contribution in [0.1, 0.15) is 17.0 Å². The van der Waals surface area contributed by atoms with Crippen molar-refractivity contribution in [3.05, 3.63) is 71.4 Å². The van der Waals surface area contributed by atoms with Crippen molar-refractivity contribution in [1.29, 1.82) is 0 Å². The number of aromatic nitrogens is 2. The van der Waals surface area contributed by atoms with Crippen molar-refractivity contribution in [3.8, 4) is 11.4 Å². The third kappa shape index (κ3) is 3.56. The molecule has 7 heteroatoms. The van der Waals surface area contributed by atoms with E-state index < -0.39 is 12.1 Å². The summed E-state index contributed by atoms with van der Waals surface area (Å²) >= 11 is 0. The summed E-state index contributed by atoms with van der Waals surface area (Å²) in [7, 11) is 0. The fourth-order valence-corrected chi connectivity index (χ4v) is 2.07. The fraction of sp³-hybridized carbons (Fsp3) is 0.125. The number of hydrogen-bond acceptors (Lipinski definition) is 3. The second-order valence-corrected chi connectivity index (χ2v) is 4.92. The third-order valence-electron chi connectivity index (χ3n) is 3.20. The molecule has 0 spiro atoms. The molecule has 0 fully saturated rings. The first-order valence-corrected chi connectivity index (χ1v) is 6.66. The molecule has 0 saturated carbocycles. The van der Waals surface area contributed by atoms with Gasteiger partial charge in [0.05, 0.1) is 0 Å². The van der Waals surface area contributed by atoms with Gasteiger partial charge in [-0.15, -0.1) is 0 Å². The minimum atomic E-state index is -4.66. The predicted molar refractivity (Wildman–Crippen MR) is 73.9 cm³/mol. The Morgan fingerprint density at radius 1 is 0.870 bits per heavy atom. The molecule has 0 amide bonds. The quantitative estimate of drug-likeness (QED) is 0.667. The number of benzene rings is 2. The normalized spacial score (nSPS) is 11.7. The van der Waals surface area contributed by atoms with E-state index in [9.17, 15) is 17.6 Å². The molecule has 0 atom stereocenters. The Bertz CT molecular complexity index is 792. The van der Waals surface area contributed by atoms with Gasteiger partial charge in [0.1, 0.15) is 5.82 Å². The van der Waals surface area contributed by atoms with Crippen molar-refractivity contribution in [2.75, 3.05) is 0 Å². The van der Waals surface area contributed by atoms with Crippen LogP contribution in [0, 0.1) is 5.82 Å². The smallest absolute Gasteiger partial charge is 0.329 e. The molecule has 0 saturated heterocycles. The van der Waals surface area contributed by atoms with Crippen LogP contribution in [0.5, 0.6) is 0 Å². The van der Waals surface area contributed by atoms with Crippen LogP contribution in [-0.2, 0) is 12.6 Å². The predicted octanol–water partition coefficient (Wildman–Crippen LogP) is 4.49. The van der Waals surface area contributed by atoms with Gasteiger partial charge in [0, 0.05) is 5.56 Å². The first kappa shape index (κ1) is 15.2. The molecule has 3 rings (SSSR count). The Labute approximate surface area is 128 Å². The van der Waals surface area contributed by atoms with Crippen molar-refractivity contribution < 1.29 is 22.1 Å². The molecule has 1 aromatic heterocycles. The molecule has 3 aromatic rings. The van der Waals surface area contributed by atoms with E-state index in [1.54, 1.807) is 36.4 Å². The first-order valence-electron chi connectivity index (χ1n) is 6.66. The van der Waals surface area contributed by atoms with E-state index in [0.717, 1.165) is 11.1 Å². The third-order valence-corrected chi connectivity index (χ3v) is 3.20. The van der Waals surface area contributed by atoms with E-state index in [4.69, 9.17) is 0 Å². The van der Waals surface area contributed by atoms with Crippen LogP contribution < -0.4 is 0 Å². The van der Waals surface area contributed by atoms with E-state index >= 15 is 0 Å². The van der Waals surface area contributed by atoms with Crippen LogP contribution in [0.15, 0.2) is 53.1 Å². The highest BCUT2D eigenvalue weighted by molar-refractivity contribution is 5.54. The van der Waals surface area contributed by atoms with Gasteiger partial charge in [-0.3, -0.25) is 0 Å². The van der Waals surface area contributed by atoms with Gasteiger partial charge < -0.3 is 4.52 Å². The molecular weight excluding hydrogens is 312 g/mol. The van der Waals surface area contributed by atoms with Crippen LogP contribution >= 0.6 is 0 Å². The fourth-order valence-electron chi connectivity index (χ4n) is 2.07. The zero-order valence-corrected chi connectivity index (χ0v) is 11.6. The lowest BCUT2D eigenvalue weighted by molar-refractivity contribution is -0.159. The Morgan fingerprint density at radius 3 is 1.96 bits per heavy atom. The highest BCUT2D eigenvalue weighted by Gasteiger charge is 2.38. The maximum absolute atomic E-state index is 12.8. The highest BCUT2D eigenvalue weighted by atomic mass is 19.4. The number of hydrogen-bond donors (Lipinski definition) is 0. The van der Waals surface area contributed by atoms with Gasteiger partial charge in [-0.05, 0) is 29.7 Å². The lowest BCUT2D eigenvalue weighted by Crippen LogP contribution is -2.04. The monoisotopic (exact) mass is 322 g/mol.